The van der Waals surface area contributed by atoms with Crippen molar-refractivity contribution in [2.45, 2.75) is 38.6 Å². The molecule has 0 radical (unpaired) electrons. The number of benzene rings is 1. The molecule has 0 saturated carbocycles. The smallest absolute Gasteiger partial charge is 0.220 e. The number of aryl methyl sites for hydroxylation is 1. The third kappa shape index (κ3) is 5.48. The molecule has 0 heterocycles. The molecule has 1 rings (SSSR count). The van der Waals surface area contributed by atoms with Gasteiger partial charge in [-0.1, -0.05) is 19.1 Å². The minimum atomic E-state index is 0.0536. The van der Waals surface area contributed by atoms with Crippen molar-refractivity contribution in [3.05, 3.63) is 29.8 Å². The summed E-state index contributed by atoms with van der Waals surface area (Å²) >= 11 is 0. The van der Waals surface area contributed by atoms with Gasteiger partial charge >= 0.3 is 0 Å². The van der Waals surface area contributed by atoms with Crippen molar-refractivity contribution < 1.29 is 9.53 Å². The van der Waals surface area contributed by atoms with Crippen molar-refractivity contribution in [3.8, 4) is 18.1 Å². The Morgan fingerprint density at radius 2 is 2.11 bits per heavy atom. The van der Waals surface area contributed by atoms with Crippen molar-refractivity contribution in [1.29, 1.82) is 0 Å². The lowest BCUT2D eigenvalue weighted by atomic mass is 10.1. The van der Waals surface area contributed by atoms with Crippen molar-refractivity contribution in [2.24, 2.45) is 0 Å². The molecule has 1 amide bonds. The molecule has 1 aromatic carbocycles. The molecular formula is C16H21NO2. The summed E-state index contributed by atoms with van der Waals surface area (Å²) in [5.41, 5.74) is 1.13. The fraction of sp³-hybridized carbons (Fsp3) is 0.438. The molecule has 3 nitrogen and oxygen atoms in total. The summed E-state index contributed by atoms with van der Waals surface area (Å²) in [6.07, 6.45) is 7.91. The van der Waals surface area contributed by atoms with Crippen LogP contribution in [0, 0.1) is 12.3 Å². The maximum Gasteiger partial charge on any atom is 0.220 e. The molecule has 0 saturated heterocycles. The summed E-state index contributed by atoms with van der Waals surface area (Å²) in [7, 11) is 1.64. The second-order valence-electron chi connectivity index (χ2n) is 4.43. The third-order valence-electron chi connectivity index (χ3n) is 3.02. The number of amides is 1. The van der Waals surface area contributed by atoms with Gasteiger partial charge in [-0.2, -0.15) is 0 Å². The highest BCUT2D eigenvalue weighted by Crippen LogP contribution is 2.12. The molecule has 102 valence electrons. The van der Waals surface area contributed by atoms with Crippen molar-refractivity contribution in [2.75, 3.05) is 7.11 Å². The summed E-state index contributed by atoms with van der Waals surface area (Å²) in [5.74, 6) is 3.46. The molecule has 3 heteroatoms. The molecule has 1 unspecified atom stereocenters. The van der Waals surface area contributed by atoms with Crippen LogP contribution in [0.4, 0.5) is 0 Å². The van der Waals surface area contributed by atoms with Gasteiger partial charge in [-0.05, 0) is 30.5 Å². The normalized spacial score (nSPS) is 11.4. The van der Waals surface area contributed by atoms with Crippen molar-refractivity contribution in [1.82, 2.24) is 5.32 Å². The molecule has 1 N–H and O–H groups in total. The van der Waals surface area contributed by atoms with E-state index in [4.69, 9.17) is 11.2 Å². The molecule has 0 fully saturated rings. The largest absolute Gasteiger partial charge is 0.497 e. The average molecular weight is 259 g/mol. The number of carbonyl (C=O) groups is 1. The van der Waals surface area contributed by atoms with E-state index in [1.165, 1.54) is 0 Å². The van der Waals surface area contributed by atoms with Crippen LogP contribution in [0.15, 0.2) is 24.3 Å². The van der Waals surface area contributed by atoms with Gasteiger partial charge in [0.1, 0.15) is 5.75 Å². The second-order valence-corrected chi connectivity index (χ2v) is 4.43. The van der Waals surface area contributed by atoms with E-state index in [2.05, 4.69) is 11.2 Å². The molecule has 1 aromatic rings. The van der Waals surface area contributed by atoms with Crippen molar-refractivity contribution in [3.63, 3.8) is 0 Å². The number of hydrogen-bond acceptors (Lipinski definition) is 2. The van der Waals surface area contributed by atoms with E-state index in [0.717, 1.165) is 24.2 Å². The van der Waals surface area contributed by atoms with Gasteiger partial charge in [-0.25, -0.2) is 0 Å². The first kappa shape index (κ1) is 15.1. The molecule has 0 aromatic heterocycles. The Hall–Kier alpha value is -1.95. The Bertz CT molecular complexity index is 431. The zero-order valence-corrected chi connectivity index (χ0v) is 11.6. The van der Waals surface area contributed by atoms with Crippen LogP contribution in [0.1, 0.15) is 31.7 Å². The van der Waals surface area contributed by atoms with E-state index in [0.29, 0.717) is 12.8 Å². The lowest BCUT2D eigenvalue weighted by Crippen LogP contribution is -2.34. The van der Waals surface area contributed by atoms with Gasteiger partial charge in [0, 0.05) is 18.9 Å². The number of terminal acetylenes is 1. The molecule has 0 aliphatic heterocycles. The number of hydrogen-bond donors (Lipinski definition) is 1. The minimum Gasteiger partial charge on any atom is -0.497 e. The standard InChI is InChI=1S/C16H21NO2/c1-4-6-14(5-2)17-16(18)12-9-13-7-10-15(19-3)11-8-13/h1,7-8,10-11,14H,5-6,9,12H2,2-3H3,(H,17,18). The van der Waals surface area contributed by atoms with E-state index in [1.807, 2.05) is 31.2 Å². The minimum absolute atomic E-state index is 0.0536. The Balaban J connectivity index is 2.38. The van der Waals surface area contributed by atoms with Crippen LogP contribution in [-0.4, -0.2) is 19.1 Å². The number of carbonyl (C=O) groups excluding carboxylic acids is 1. The summed E-state index contributed by atoms with van der Waals surface area (Å²) in [6, 6.07) is 7.85. The van der Waals surface area contributed by atoms with Crippen molar-refractivity contribution >= 4 is 5.91 Å². The van der Waals surface area contributed by atoms with E-state index in [-0.39, 0.29) is 11.9 Å². The predicted octanol–water partition coefficient (Wildman–Crippen LogP) is 2.55. The Morgan fingerprint density at radius 1 is 1.42 bits per heavy atom. The summed E-state index contributed by atoms with van der Waals surface area (Å²) in [5, 5.41) is 2.95. The predicted molar refractivity (Wildman–Crippen MR) is 77.0 cm³/mol. The monoisotopic (exact) mass is 259 g/mol. The van der Waals surface area contributed by atoms with Crippen LogP contribution >= 0.6 is 0 Å². The van der Waals surface area contributed by atoms with E-state index < -0.39 is 0 Å². The van der Waals surface area contributed by atoms with Gasteiger partial charge in [0.05, 0.1) is 7.11 Å². The summed E-state index contributed by atoms with van der Waals surface area (Å²) < 4.78 is 5.09. The maximum atomic E-state index is 11.8. The fourth-order valence-corrected chi connectivity index (χ4v) is 1.79. The van der Waals surface area contributed by atoms with Crippen LogP contribution < -0.4 is 10.1 Å². The quantitative estimate of drug-likeness (QED) is 0.764. The molecule has 19 heavy (non-hydrogen) atoms. The Morgan fingerprint density at radius 3 is 2.63 bits per heavy atom. The van der Waals surface area contributed by atoms with Gasteiger partial charge in [0.25, 0.3) is 0 Å². The molecule has 0 bridgehead atoms. The number of nitrogens with one attached hydrogen (secondary N) is 1. The highest BCUT2D eigenvalue weighted by Gasteiger charge is 2.09. The number of rotatable bonds is 7. The lowest BCUT2D eigenvalue weighted by molar-refractivity contribution is -0.121. The van der Waals surface area contributed by atoms with Crippen LogP contribution in [0.2, 0.25) is 0 Å². The van der Waals surface area contributed by atoms with Gasteiger partial charge in [-0.3, -0.25) is 4.79 Å². The van der Waals surface area contributed by atoms with Gasteiger partial charge in [0.15, 0.2) is 0 Å². The van der Waals surface area contributed by atoms with Gasteiger partial charge < -0.3 is 10.1 Å². The van der Waals surface area contributed by atoms with Crippen LogP contribution in [0.5, 0.6) is 5.75 Å². The van der Waals surface area contributed by atoms with Crippen LogP contribution in [0.25, 0.3) is 0 Å². The first-order valence-corrected chi connectivity index (χ1v) is 6.55. The molecular weight excluding hydrogens is 238 g/mol. The Kier molecular flexibility index (Phi) is 6.52. The van der Waals surface area contributed by atoms with Gasteiger partial charge in [-0.15, -0.1) is 12.3 Å². The zero-order valence-electron chi connectivity index (χ0n) is 11.6. The molecule has 1 atom stereocenters. The highest BCUT2D eigenvalue weighted by atomic mass is 16.5. The maximum absolute atomic E-state index is 11.8. The number of methoxy groups -OCH3 is 1. The molecule has 0 spiro atoms. The fourth-order valence-electron chi connectivity index (χ4n) is 1.79. The first-order valence-electron chi connectivity index (χ1n) is 6.55. The van der Waals surface area contributed by atoms with E-state index >= 15 is 0 Å². The summed E-state index contributed by atoms with van der Waals surface area (Å²) in [4.78, 5) is 11.8. The van der Waals surface area contributed by atoms with E-state index in [1.54, 1.807) is 7.11 Å². The lowest BCUT2D eigenvalue weighted by Gasteiger charge is -2.14. The Labute approximate surface area is 115 Å². The SMILES string of the molecule is C#CCC(CC)NC(=O)CCc1ccc(OC)cc1. The molecule has 0 aliphatic rings. The van der Waals surface area contributed by atoms with Gasteiger partial charge in [0.2, 0.25) is 5.91 Å². The highest BCUT2D eigenvalue weighted by molar-refractivity contribution is 5.76. The van der Waals surface area contributed by atoms with E-state index in [9.17, 15) is 4.79 Å². The average Bonchev–Trinajstić information content (AvgIpc) is 2.45. The topological polar surface area (TPSA) is 38.3 Å². The zero-order chi connectivity index (χ0) is 14.1. The van der Waals surface area contributed by atoms with Crippen LogP contribution in [0.3, 0.4) is 0 Å². The third-order valence-corrected chi connectivity index (χ3v) is 3.02. The first-order chi connectivity index (χ1) is 9.19. The van der Waals surface area contributed by atoms with Crippen LogP contribution in [-0.2, 0) is 11.2 Å². The molecule has 0 aliphatic carbocycles. The summed E-state index contributed by atoms with van der Waals surface area (Å²) in [6.45, 7) is 2.02. The number of ether oxygens (including phenoxy) is 1. The second kappa shape index (κ2) is 8.20.